The van der Waals surface area contributed by atoms with Crippen molar-refractivity contribution < 1.29 is 14.6 Å². The lowest BCUT2D eigenvalue weighted by atomic mass is 10.3. The highest BCUT2D eigenvalue weighted by molar-refractivity contribution is 14.1. The molecule has 0 saturated carbocycles. The fraction of sp³-hybridized carbons (Fsp3) is 0.300. The van der Waals surface area contributed by atoms with Crippen LogP contribution in [0.3, 0.4) is 0 Å². The summed E-state index contributed by atoms with van der Waals surface area (Å²) in [6.45, 7) is 0.279. The summed E-state index contributed by atoms with van der Waals surface area (Å²) in [5.41, 5.74) is 0.808. The second kappa shape index (κ2) is 4.36. The molecule has 1 saturated heterocycles. The van der Waals surface area contributed by atoms with Gasteiger partial charge in [0, 0.05) is 9.26 Å². The van der Waals surface area contributed by atoms with Crippen LogP contribution in [0, 0.1) is 3.57 Å². The minimum atomic E-state index is -0.407. The Balaban J connectivity index is 2.21. The van der Waals surface area contributed by atoms with Crippen molar-refractivity contribution in [3.63, 3.8) is 0 Å². The first kappa shape index (κ1) is 10.7. The largest absolute Gasteiger partial charge is 0.441 e. The van der Waals surface area contributed by atoms with Crippen molar-refractivity contribution >= 4 is 34.4 Å². The zero-order chi connectivity index (χ0) is 10.8. The molecule has 1 amide bonds. The van der Waals surface area contributed by atoms with Crippen LogP contribution in [0.25, 0.3) is 0 Å². The van der Waals surface area contributed by atoms with Crippen molar-refractivity contribution in [1.29, 1.82) is 0 Å². The number of nitrogens with zero attached hydrogens (tertiary/aromatic N) is 1. The number of carbonyl (C=O) groups is 1. The molecule has 4 nitrogen and oxygen atoms in total. The van der Waals surface area contributed by atoms with Crippen LogP contribution in [-0.2, 0) is 4.74 Å². The number of anilines is 1. The summed E-state index contributed by atoms with van der Waals surface area (Å²) in [6.07, 6.45) is -0.800. The Kier molecular flexibility index (Phi) is 3.11. The van der Waals surface area contributed by atoms with Crippen molar-refractivity contribution in [3.05, 3.63) is 27.8 Å². The van der Waals surface area contributed by atoms with Crippen LogP contribution in [0.4, 0.5) is 10.5 Å². The topological polar surface area (TPSA) is 49.8 Å². The monoisotopic (exact) mass is 319 g/mol. The van der Waals surface area contributed by atoms with Gasteiger partial charge in [0.2, 0.25) is 0 Å². The van der Waals surface area contributed by atoms with Crippen LogP contribution < -0.4 is 4.90 Å². The molecule has 1 atom stereocenters. The number of halogens is 1. The molecule has 1 heterocycles. The number of rotatable bonds is 2. The summed E-state index contributed by atoms with van der Waals surface area (Å²) in [6, 6.07) is 7.59. The summed E-state index contributed by atoms with van der Waals surface area (Å²) >= 11 is 2.19. The normalized spacial score (nSPS) is 20.5. The lowest BCUT2D eigenvalue weighted by molar-refractivity contribution is 0.0963. The van der Waals surface area contributed by atoms with Gasteiger partial charge in [0.1, 0.15) is 6.10 Å². The zero-order valence-electron chi connectivity index (χ0n) is 7.89. The third kappa shape index (κ3) is 2.23. The maximum atomic E-state index is 11.4. The molecule has 0 unspecified atom stereocenters. The molecule has 0 bridgehead atoms. The lowest BCUT2D eigenvalue weighted by Gasteiger charge is -2.12. The van der Waals surface area contributed by atoms with E-state index in [1.807, 2.05) is 24.3 Å². The minimum Gasteiger partial charge on any atom is -0.441 e. The average Bonchev–Trinajstić information content (AvgIpc) is 2.60. The molecule has 2 rings (SSSR count). The first-order valence-corrected chi connectivity index (χ1v) is 5.63. The first-order chi connectivity index (χ1) is 7.20. The molecule has 0 radical (unpaired) electrons. The van der Waals surface area contributed by atoms with E-state index in [0.29, 0.717) is 6.54 Å². The van der Waals surface area contributed by atoms with Gasteiger partial charge in [-0.05, 0) is 40.8 Å². The maximum Gasteiger partial charge on any atom is 0.414 e. The fourth-order valence-electron chi connectivity index (χ4n) is 1.47. The van der Waals surface area contributed by atoms with Gasteiger partial charge < -0.3 is 9.84 Å². The number of hydrogen-bond donors (Lipinski definition) is 1. The second-order valence-electron chi connectivity index (χ2n) is 3.28. The molecule has 0 aromatic heterocycles. The summed E-state index contributed by atoms with van der Waals surface area (Å²) < 4.78 is 6.01. The number of hydrogen-bond acceptors (Lipinski definition) is 3. The Morgan fingerprint density at radius 3 is 3.00 bits per heavy atom. The van der Waals surface area contributed by atoms with Crippen LogP contribution in [0.15, 0.2) is 24.3 Å². The Bertz CT molecular complexity index is 383. The van der Waals surface area contributed by atoms with E-state index in [0.717, 1.165) is 9.26 Å². The lowest BCUT2D eigenvalue weighted by Crippen LogP contribution is -2.25. The van der Waals surface area contributed by atoms with Crippen molar-refractivity contribution in [3.8, 4) is 0 Å². The first-order valence-electron chi connectivity index (χ1n) is 4.55. The average molecular weight is 319 g/mol. The summed E-state index contributed by atoms with van der Waals surface area (Å²) in [7, 11) is 0. The van der Waals surface area contributed by atoms with Crippen LogP contribution in [0.5, 0.6) is 0 Å². The Morgan fingerprint density at radius 1 is 1.60 bits per heavy atom. The van der Waals surface area contributed by atoms with Crippen molar-refractivity contribution in [1.82, 2.24) is 0 Å². The standard InChI is InChI=1S/C10H10INO3/c11-7-2-1-3-8(4-7)12-5-9(6-13)15-10(12)14/h1-4,9,13H,5-6H2/t9-/m1/s1. The number of benzene rings is 1. The third-order valence-corrected chi connectivity index (χ3v) is 2.87. The SMILES string of the molecule is O=C1O[C@@H](CO)CN1c1cccc(I)c1. The van der Waals surface area contributed by atoms with Gasteiger partial charge in [0.05, 0.1) is 13.2 Å². The predicted molar refractivity (Wildman–Crippen MR) is 63.9 cm³/mol. The Labute approximate surface area is 101 Å². The van der Waals surface area contributed by atoms with E-state index in [9.17, 15) is 4.79 Å². The van der Waals surface area contributed by atoms with Gasteiger partial charge in [-0.25, -0.2) is 4.79 Å². The molecule has 1 aromatic rings. The van der Waals surface area contributed by atoms with E-state index in [-0.39, 0.29) is 6.61 Å². The van der Waals surface area contributed by atoms with Gasteiger partial charge in [0.15, 0.2) is 0 Å². The van der Waals surface area contributed by atoms with Crippen LogP contribution >= 0.6 is 22.6 Å². The molecule has 80 valence electrons. The number of carbonyl (C=O) groups excluding carboxylic acids is 1. The smallest absolute Gasteiger partial charge is 0.414 e. The van der Waals surface area contributed by atoms with Gasteiger partial charge in [-0.2, -0.15) is 0 Å². The summed E-state index contributed by atoms with van der Waals surface area (Å²) in [4.78, 5) is 13.0. The molecule has 15 heavy (non-hydrogen) atoms. The zero-order valence-corrected chi connectivity index (χ0v) is 10.0. The Morgan fingerprint density at radius 2 is 2.40 bits per heavy atom. The van der Waals surface area contributed by atoms with Crippen molar-refractivity contribution in [2.24, 2.45) is 0 Å². The molecule has 1 aliphatic rings. The quantitative estimate of drug-likeness (QED) is 0.843. The van der Waals surface area contributed by atoms with Crippen molar-refractivity contribution in [2.75, 3.05) is 18.1 Å². The van der Waals surface area contributed by atoms with Gasteiger partial charge in [-0.15, -0.1) is 0 Å². The van der Waals surface area contributed by atoms with Gasteiger partial charge in [-0.3, -0.25) is 4.90 Å². The molecular weight excluding hydrogens is 309 g/mol. The molecular formula is C10H10INO3. The van der Waals surface area contributed by atoms with Crippen LogP contribution in [-0.4, -0.2) is 30.5 Å². The second-order valence-corrected chi connectivity index (χ2v) is 4.52. The molecule has 1 N–H and O–H groups in total. The van der Waals surface area contributed by atoms with Gasteiger partial charge >= 0.3 is 6.09 Å². The van der Waals surface area contributed by atoms with Crippen molar-refractivity contribution in [2.45, 2.75) is 6.10 Å². The minimum absolute atomic E-state index is 0.133. The Hall–Kier alpha value is -0.820. The third-order valence-electron chi connectivity index (χ3n) is 2.20. The highest BCUT2D eigenvalue weighted by Gasteiger charge is 2.31. The molecule has 1 aromatic carbocycles. The van der Waals surface area contributed by atoms with Crippen LogP contribution in [0.2, 0.25) is 0 Å². The number of aliphatic hydroxyl groups is 1. The van der Waals surface area contributed by atoms with E-state index < -0.39 is 12.2 Å². The molecule has 0 aliphatic carbocycles. The number of aliphatic hydroxyl groups excluding tert-OH is 1. The highest BCUT2D eigenvalue weighted by Crippen LogP contribution is 2.22. The number of amides is 1. The maximum absolute atomic E-state index is 11.4. The molecule has 1 fully saturated rings. The van der Waals surface area contributed by atoms with E-state index in [1.165, 1.54) is 4.90 Å². The highest BCUT2D eigenvalue weighted by atomic mass is 127. The van der Waals surface area contributed by atoms with E-state index in [1.54, 1.807) is 0 Å². The molecule has 5 heteroatoms. The fourth-order valence-corrected chi connectivity index (χ4v) is 2.00. The molecule has 0 spiro atoms. The van der Waals surface area contributed by atoms with Gasteiger partial charge in [-0.1, -0.05) is 6.07 Å². The summed E-state index contributed by atoms with van der Waals surface area (Å²) in [5, 5.41) is 8.90. The summed E-state index contributed by atoms with van der Waals surface area (Å²) in [5.74, 6) is 0. The van der Waals surface area contributed by atoms with Crippen LogP contribution in [0.1, 0.15) is 0 Å². The predicted octanol–water partition coefficient (Wildman–Crippen LogP) is 1.61. The van der Waals surface area contributed by atoms with E-state index >= 15 is 0 Å². The van der Waals surface area contributed by atoms with Gasteiger partial charge in [0.25, 0.3) is 0 Å². The number of ether oxygens (including phenoxy) is 1. The van der Waals surface area contributed by atoms with E-state index in [4.69, 9.17) is 9.84 Å². The number of cyclic esters (lactones) is 1. The van der Waals surface area contributed by atoms with E-state index in [2.05, 4.69) is 22.6 Å². The molecule has 1 aliphatic heterocycles.